The maximum Gasteiger partial charge on any atom is 0.0415 e. The van der Waals surface area contributed by atoms with E-state index in [1.165, 1.54) is 5.56 Å². The molecule has 0 amide bonds. The number of likely N-dealkylation sites (tertiary alicyclic amines) is 1. The van der Waals surface area contributed by atoms with Crippen molar-refractivity contribution in [1.29, 1.82) is 0 Å². The van der Waals surface area contributed by atoms with E-state index in [-0.39, 0.29) is 0 Å². The van der Waals surface area contributed by atoms with Crippen molar-refractivity contribution in [1.82, 2.24) is 9.88 Å². The lowest BCUT2D eigenvalue weighted by atomic mass is 10.1. The lowest BCUT2D eigenvalue weighted by molar-refractivity contribution is 0.142. The maximum atomic E-state index is 5.72. The molecular weight excluding hydrogens is 310 g/mol. The molecule has 1 fully saturated rings. The molecule has 0 spiro atoms. The first-order chi connectivity index (χ1) is 6.66. The van der Waals surface area contributed by atoms with E-state index in [1.807, 2.05) is 12.4 Å². The van der Waals surface area contributed by atoms with Crippen LogP contribution in [0.25, 0.3) is 0 Å². The van der Waals surface area contributed by atoms with Crippen LogP contribution in [0.3, 0.4) is 0 Å². The molecule has 1 aromatic rings. The highest BCUT2D eigenvalue weighted by atomic mass is 79.9. The Morgan fingerprint density at radius 1 is 1.36 bits per heavy atom. The van der Waals surface area contributed by atoms with E-state index in [9.17, 15) is 0 Å². The van der Waals surface area contributed by atoms with Crippen LogP contribution in [0.4, 0.5) is 0 Å². The molecule has 2 N–H and O–H groups in total. The number of halogens is 2. The Bertz CT molecular complexity index is 317. The van der Waals surface area contributed by atoms with Crippen molar-refractivity contribution in [2.24, 2.45) is 5.73 Å². The predicted molar refractivity (Wildman–Crippen MR) is 62.9 cm³/mol. The fourth-order valence-corrected chi connectivity index (χ4v) is 2.73. The van der Waals surface area contributed by atoms with Crippen LogP contribution in [-0.4, -0.2) is 29.0 Å². The van der Waals surface area contributed by atoms with Gasteiger partial charge in [0, 0.05) is 47.0 Å². The molecule has 0 unspecified atom stereocenters. The van der Waals surface area contributed by atoms with Gasteiger partial charge in [-0.15, -0.1) is 0 Å². The number of rotatable bonds is 2. The second-order valence-corrected chi connectivity index (χ2v) is 5.24. The van der Waals surface area contributed by atoms with Crippen LogP contribution < -0.4 is 5.73 Å². The minimum absolute atomic E-state index is 0.356. The van der Waals surface area contributed by atoms with Gasteiger partial charge in [-0.3, -0.25) is 9.88 Å². The molecule has 2 rings (SSSR count). The first kappa shape index (κ1) is 10.5. The summed E-state index contributed by atoms with van der Waals surface area (Å²) in [6, 6.07) is 0.356. The Hall–Kier alpha value is 0.0300. The number of nitrogens with two attached hydrogens (primary N) is 1. The van der Waals surface area contributed by atoms with Gasteiger partial charge in [-0.25, -0.2) is 0 Å². The van der Waals surface area contributed by atoms with Crippen molar-refractivity contribution in [3.8, 4) is 0 Å². The molecule has 0 saturated carbocycles. The van der Waals surface area contributed by atoms with Gasteiger partial charge in [-0.2, -0.15) is 0 Å². The lowest BCUT2D eigenvalue weighted by Crippen LogP contribution is -2.54. The molecule has 0 radical (unpaired) electrons. The molecule has 14 heavy (non-hydrogen) atoms. The summed E-state index contributed by atoms with van der Waals surface area (Å²) in [4.78, 5) is 6.39. The van der Waals surface area contributed by atoms with Crippen LogP contribution in [0.5, 0.6) is 0 Å². The minimum atomic E-state index is 0.356. The number of pyridine rings is 1. The molecule has 1 aliphatic rings. The van der Waals surface area contributed by atoms with Gasteiger partial charge in [0.15, 0.2) is 0 Å². The van der Waals surface area contributed by atoms with Crippen LogP contribution in [-0.2, 0) is 6.54 Å². The van der Waals surface area contributed by atoms with E-state index >= 15 is 0 Å². The van der Waals surface area contributed by atoms with Crippen LogP contribution in [0.1, 0.15) is 5.56 Å². The average molecular weight is 321 g/mol. The highest BCUT2D eigenvalue weighted by Gasteiger charge is 2.23. The summed E-state index contributed by atoms with van der Waals surface area (Å²) >= 11 is 6.99. The highest BCUT2D eigenvalue weighted by molar-refractivity contribution is 9.11. The minimum Gasteiger partial charge on any atom is -0.325 e. The van der Waals surface area contributed by atoms with E-state index in [0.717, 1.165) is 28.6 Å². The summed E-state index contributed by atoms with van der Waals surface area (Å²) < 4.78 is 2.10. The third-order valence-electron chi connectivity index (χ3n) is 2.32. The molecule has 3 nitrogen and oxygen atoms in total. The van der Waals surface area contributed by atoms with Gasteiger partial charge >= 0.3 is 0 Å². The number of hydrogen-bond donors (Lipinski definition) is 1. The first-order valence-electron chi connectivity index (χ1n) is 4.42. The van der Waals surface area contributed by atoms with E-state index < -0.39 is 0 Å². The molecule has 0 atom stereocenters. The van der Waals surface area contributed by atoms with Crippen molar-refractivity contribution < 1.29 is 0 Å². The van der Waals surface area contributed by atoms with Gasteiger partial charge < -0.3 is 5.73 Å². The number of hydrogen-bond acceptors (Lipinski definition) is 3. The van der Waals surface area contributed by atoms with Gasteiger partial charge in [0.1, 0.15) is 0 Å². The zero-order valence-electron chi connectivity index (χ0n) is 7.58. The Kier molecular flexibility index (Phi) is 3.21. The topological polar surface area (TPSA) is 42.1 Å². The van der Waals surface area contributed by atoms with Crippen molar-refractivity contribution in [3.05, 3.63) is 26.9 Å². The third kappa shape index (κ3) is 2.16. The Labute approximate surface area is 99.9 Å². The summed E-state index contributed by atoms with van der Waals surface area (Å²) in [6.07, 6.45) is 3.64. The summed E-state index contributed by atoms with van der Waals surface area (Å²) in [5.41, 5.74) is 6.96. The molecule has 76 valence electrons. The highest BCUT2D eigenvalue weighted by Crippen LogP contribution is 2.26. The van der Waals surface area contributed by atoms with Crippen LogP contribution in [0.15, 0.2) is 21.3 Å². The summed E-state index contributed by atoms with van der Waals surface area (Å²) in [5.74, 6) is 0. The molecule has 0 aliphatic carbocycles. The summed E-state index contributed by atoms with van der Waals surface area (Å²) in [6.45, 7) is 2.90. The molecule has 0 bridgehead atoms. The van der Waals surface area contributed by atoms with E-state index in [2.05, 4.69) is 41.7 Å². The molecule has 0 aromatic carbocycles. The van der Waals surface area contributed by atoms with Gasteiger partial charge in [-0.1, -0.05) is 0 Å². The standard InChI is InChI=1S/C9H11Br2N3/c10-8-1-13-2-9(11)7(8)5-14-3-6(12)4-14/h1-2,6H,3-5,12H2. The Morgan fingerprint density at radius 3 is 2.43 bits per heavy atom. The number of aromatic nitrogens is 1. The molecule has 1 saturated heterocycles. The fourth-order valence-electron chi connectivity index (χ4n) is 1.55. The van der Waals surface area contributed by atoms with E-state index in [1.54, 1.807) is 0 Å². The van der Waals surface area contributed by atoms with Crippen LogP contribution >= 0.6 is 31.9 Å². The molecule has 5 heteroatoms. The summed E-state index contributed by atoms with van der Waals surface area (Å²) in [7, 11) is 0. The predicted octanol–water partition coefficient (Wildman–Crippen LogP) is 1.75. The van der Waals surface area contributed by atoms with Gasteiger partial charge in [0.25, 0.3) is 0 Å². The van der Waals surface area contributed by atoms with Crippen molar-refractivity contribution in [3.63, 3.8) is 0 Å². The molecule has 2 heterocycles. The maximum absolute atomic E-state index is 5.72. The normalized spacial score (nSPS) is 18.2. The average Bonchev–Trinajstić information content (AvgIpc) is 2.08. The fraction of sp³-hybridized carbons (Fsp3) is 0.444. The van der Waals surface area contributed by atoms with Crippen LogP contribution in [0.2, 0.25) is 0 Å². The molecule has 1 aromatic heterocycles. The van der Waals surface area contributed by atoms with Gasteiger partial charge in [-0.05, 0) is 37.4 Å². The molecular formula is C9H11Br2N3. The quantitative estimate of drug-likeness (QED) is 0.902. The second-order valence-electron chi connectivity index (χ2n) is 3.54. The monoisotopic (exact) mass is 319 g/mol. The third-order valence-corrected chi connectivity index (χ3v) is 3.69. The zero-order chi connectivity index (χ0) is 10.1. The second kappa shape index (κ2) is 4.26. The first-order valence-corrected chi connectivity index (χ1v) is 6.01. The van der Waals surface area contributed by atoms with Crippen molar-refractivity contribution >= 4 is 31.9 Å². The number of nitrogens with zero attached hydrogens (tertiary/aromatic N) is 2. The van der Waals surface area contributed by atoms with E-state index in [4.69, 9.17) is 5.73 Å². The van der Waals surface area contributed by atoms with Gasteiger partial charge in [0.2, 0.25) is 0 Å². The lowest BCUT2D eigenvalue weighted by Gasteiger charge is -2.37. The SMILES string of the molecule is NC1CN(Cc2c(Br)cncc2Br)C1. The zero-order valence-corrected chi connectivity index (χ0v) is 10.8. The largest absolute Gasteiger partial charge is 0.325 e. The van der Waals surface area contributed by atoms with E-state index in [0.29, 0.717) is 6.04 Å². The Morgan fingerprint density at radius 2 is 1.93 bits per heavy atom. The van der Waals surface area contributed by atoms with Crippen molar-refractivity contribution in [2.75, 3.05) is 13.1 Å². The summed E-state index contributed by atoms with van der Waals surface area (Å²) in [5, 5.41) is 0. The Balaban J connectivity index is 2.09. The van der Waals surface area contributed by atoms with Gasteiger partial charge in [0.05, 0.1) is 0 Å². The molecule has 1 aliphatic heterocycles. The van der Waals surface area contributed by atoms with Crippen LogP contribution in [0, 0.1) is 0 Å². The van der Waals surface area contributed by atoms with Crippen molar-refractivity contribution in [2.45, 2.75) is 12.6 Å². The smallest absolute Gasteiger partial charge is 0.0415 e.